The third-order valence-electron chi connectivity index (χ3n) is 3.65. The van der Waals surface area contributed by atoms with Gasteiger partial charge in [0, 0.05) is 19.6 Å². The maximum Gasteiger partial charge on any atom is 0.239 e. The van der Waals surface area contributed by atoms with E-state index < -0.39 is 0 Å². The number of carbonyl (C=O) groups is 1. The lowest BCUT2D eigenvalue weighted by Crippen LogP contribution is -2.44. The largest absolute Gasteiger partial charge is 0.344 e. The normalized spacial score (nSPS) is 23.9. The van der Waals surface area contributed by atoms with Crippen LogP contribution >= 0.6 is 0 Å². The molecule has 0 radical (unpaired) electrons. The van der Waals surface area contributed by atoms with E-state index in [0.717, 1.165) is 13.0 Å². The van der Waals surface area contributed by atoms with Gasteiger partial charge in [-0.3, -0.25) is 4.79 Å². The van der Waals surface area contributed by atoms with Crippen LogP contribution < -0.4 is 5.32 Å². The molecule has 1 N–H and O–H groups in total. The number of hydrogen-bond acceptors (Lipinski definition) is 2. The standard InChI is InChI=1S/C12H24N2O/c1-5-10(6-2)9(3)13-11-7-8-14(4)12(11)15/h9-11,13H,5-8H2,1-4H3. The van der Waals surface area contributed by atoms with Crippen LogP contribution in [0.4, 0.5) is 0 Å². The summed E-state index contributed by atoms with van der Waals surface area (Å²) in [6.07, 6.45) is 3.32. The van der Waals surface area contributed by atoms with E-state index in [1.807, 2.05) is 11.9 Å². The summed E-state index contributed by atoms with van der Waals surface area (Å²) >= 11 is 0. The SMILES string of the molecule is CCC(CC)C(C)NC1CCN(C)C1=O. The van der Waals surface area contributed by atoms with E-state index in [1.165, 1.54) is 12.8 Å². The molecule has 15 heavy (non-hydrogen) atoms. The highest BCUT2D eigenvalue weighted by Gasteiger charge is 2.30. The average molecular weight is 212 g/mol. The summed E-state index contributed by atoms with van der Waals surface area (Å²) in [4.78, 5) is 13.5. The maximum absolute atomic E-state index is 11.7. The number of likely N-dealkylation sites (N-methyl/N-ethyl adjacent to an activating group) is 1. The molecule has 2 atom stereocenters. The van der Waals surface area contributed by atoms with E-state index in [0.29, 0.717) is 12.0 Å². The van der Waals surface area contributed by atoms with E-state index in [4.69, 9.17) is 0 Å². The lowest BCUT2D eigenvalue weighted by Gasteiger charge is -2.25. The number of hydrogen-bond donors (Lipinski definition) is 1. The van der Waals surface area contributed by atoms with E-state index in [2.05, 4.69) is 26.1 Å². The van der Waals surface area contributed by atoms with Crippen molar-refractivity contribution in [3.63, 3.8) is 0 Å². The van der Waals surface area contributed by atoms with Crippen LogP contribution in [0.1, 0.15) is 40.0 Å². The van der Waals surface area contributed by atoms with Gasteiger partial charge in [0.1, 0.15) is 0 Å². The van der Waals surface area contributed by atoms with Crippen LogP contribution in [0.15, 0.2) is 0 Å². The van der Waals surface area contributed by atoms with Crippen molar-refractivity contribution < 1.29 is 4.79 Å². The molecule has 0 aromatic rings. The second-order valence-electron chi connectivity index (χ2n) is 4.63. The van der Waals surface area contributed by atoms with Crippen LogP contribution in [0, 0.1) is 5.92 Å². The Balaban J connectivity index is 2.44. The molecule has 0 aliphatic carbocycles. The number of nitrogens with zero attached hydrogens (tertiary/aromatic N) is 1. The van der Waals surface area contributed by atoms with Crippen LogP contribution in [-0.4, -0.2) is 36.5 Å². The zero-order valence-electron chi connectivity index (χ0n) is 10.4. The Hall–Kier alpha value is -0.570. The number of carbonyl (C=O) groups excluding carboxylic acids is 1. The van der Waals surface area contributed by atoms with Gasteiger partial charge >= 0.3 is 0 Å². The second-order valence-corrected chi connectivity index (χ2v) is 4.63. The van der Waals surface area contributed by atoms with Crippen molar-refractivity contribution in [3.05, 3.63) is 0 Å². The first-order valence-electron chi connectivity index (χ1n) is 6.11. The molecule has 1 aliphatic rings. The molecule has 0 bridgehead atoms. The molecule has 1 saturated heterocycles. The Labute approximate surface area is 93.2 Å². The van der Waals surface area contributed by atoms with Crippen molar-refractivity contribution in [2.45, 2.75) is 52.1 Å². The molecule has 3 heteroatoms. The fraction of sp³-hybridized carbons (Fsp3) is 0.917. The summed E-state index contributed by atoms with van der Waals surface area (Å²) in [6.45, 7) is 7.53. The van der Waals surface area contributed by atoms with Crippen molar-refractivity contribution >= 4 is 5.91 Å². The summed E-state index contributed by atoms with van der Waals surface area (Å²) in [5.74, 6) is 0.941. The number of likely N-dealkylation sites (tertiary alicyclic amines) is 1. The second kappa shape index (κ2) is 5.50. The van der Waals surface area contributed by atoms with Crippen molar-refractivity contribution in [2.75, 3.05) is 13.6 Å². The summed E-state index contributed by atoms with van der Waals surface area (Å²) in [6, 6.07) is 0.506. The molecule has 0 aromatic carbocycles. The van der Waals surface area contributed by atoms with Crippen molar-refractivity contribution in [2.24, 2.45) is 5.92 Å². The monoisotopic (exact) mass is 212 g/mol. The summed E-state index contributed by atoms with van der Waals surface area (Å²) < 4.78 is 0. The van der Waals surface area contributed by atoms with Gasteiger partial charge in [0.25, 0.3) is 0 Å². The van der Waals surface area contributed by atoms with E-state index in [9.17, 15) is 4.79 Å². The Bertz CT molecular complexity index is 214. The van der Waals surface area contributed by atoms with Gasteiger partial charge in [-0.05, 0) is 19.3 Å². The highest BCUT2D eigenvalue weighted by molar-refractivity contribution is 5.83. The molecule has 88 valence electrons. The Morgan fingerprint density at radius 2 is 2.07 bits per heavy atom. The van der Waals surface area contributed by atoms with Gasteiger partial charge in [0.15, 0.2) is 0 Å². The van der Waals surface area contributed by atoms with Gasteiger partial charge in [0.05, 0.1) is 6.04 Å². The first kappa shape index (κ1) is 12.5. The highest BCUT2D eigenvalue weighted by atomic mass is 16.2. The van der Waals surface area contributed by atoms with Crippen LogP contribution in [0.25, 0.3) is 0 Å². The van der Waals surface area contributed by atoms with E-state index >= 15 is 0 Å². The minimum Gasteiger partial charge on any atom is -0.344 e. The number of nitrogens with one attached hydrogen (secondary N) is 1. The van der Waals surface area contributed by atoms with E-state index in [1.54, 1.807) is 0 Å². The van der Waals surface area contributed by atoms with E-state index in [-0.39, 0.29) is 11.9 Å². The Morgan fingerprint density at radius 1 is 1.47 bits per heavy atom. The highest BCUT2D eigenvalue weighted by Crippen LogP contribution is 2.16. The molecule has 0 aromatic heterocycles. The molecule has 1 heterocycles. The molecule has 1 rings (SSSR count). The van der Waals surface area contributed by atoms with Gasteiger partial charge in [-0.2, -0.15) is 0 Å². The average Bonchev–Trinajstić information content (AvgIpc) is 2.52. The fourth-order valence-electron chi connectivity index (χ4n) is 2.43. The summed E-state index contributed by atoms with van der Waals surface area (Å²) in [5, 5.41) is 3.47. The van der Waals surface area contributed by atoms with Gasteiger partial charge in [-0.1, -0.05) is 26.7 Å². The van der Waals surface area contributed by atoms with Crippen molar-refractivity contribution in [1.29, 1.82) is 0 Å². The first-order valence-corrected chi connectivity index (χ1v) is 6.11. The third kappa shape index (κ3) is 2.94. The zero-order valence-corrected chi connectivity index (χ0v) is 10.4. The molecule has 2 unspecified atom stereocenters. The zero-order chi connectivity index (χ0) is 11.4. The lowest BCUT2D eigenvalue weighted by molar-refractivity contribution is -0.128. The van der Waals surface area contributed by atoms with Crippen LogP contribution in [0.5, 0.6) is 0 Å². The summed E-state index contributed by atoms with van der Waals surface area (Å²) in [7, 11) is 1.88. The van der Waals surface area contributed by atoms with Crippen LogP contribution in [0.3, 0.4) is 0 Å². The Kier molecular flexibility index (Phi) is 4.58. The first-order chi connectivity index (χ1) is 7.10. The lowest BCUT2D eigenvalue weighted by atomic mass is 9.95. The van der Waals surface area contributed by atoms with Gasteiger partial charge in [0.2, 0.25) is 5.91 Å². The molecule has 0 spiro atoms. The molecule has 0 saturated carbocycles. The van der Waals surface area contributed by atoms with Crippen LogP contribution in [0.2, 0.25) is 0 Å². The quantitative estimate of drug-likeness (QED) is 0.751. The third-order valence-corrected chi connectivity index (χ3v) is 3.65. The predicted molar refractivity (Wildman–Crippen MR) is 62.7 cm³/mol. The molecular formula is C12H24N2O. The van der Waals surface area contributed by atoms with Crippen LogP contribution in [-0.2, 0) is 4.79 Å². The molecule has 1 amide bonds. The maximum atomic E-state index is 11.7. The summed E-state index contributed by atoms with van der Waals surface area (Å²) in [5.41, 5.74) is 0. The van der Waals surface area contributed by atoms with Gasteiger partial charge < -0.3 is 10.2 Å². The topological polar surface area (TPSA) is 32.3 Å². The molecular weight excluding hydrogens is 188 g/mol. The molecule has 3 nitrogen and oxygen atoms in total. The molecule has 1 aliphatic heterocycles. The Morgan fingerprint density at radius 3 is 2.47 bits per heavy atom. The fourth-order valence-corrected chi connectivity index (χ4v) is 2.43. The van der Waals surface area contributed by atoms with Crippen molar-refractivity contribution in [3.8, 4) is 0 Å². The number of rotatable bonds is 5. The predicted octanol–water partition coefficient (Wildman–Crippen LogP) is 1.63. The minimum absolute atomic E-state index is 0.0607. The number of amides is 1. The minimum atomic E-state index is 0.0607. The van der Waals surface area contributed by atoms with Gasteiger partial charge in [-0.25, -0.2) is 0 Å². The molecule has 1 fully saturated rings. The van der Waals surface area contributed by atoms with Gasteiger partial charge in [-0.15, -0.1) is 0 Å². The smallest absolute Gasteiger partial charge is 0.239 e. The van der Waals surface area contributed by atoms with Crippen molar-refractivity contribution in [1.82, 2.24) is 10.2 Å².